The molecule has 0 fully saturated rings. The van der Waals surface area contributed by atoms with Crippen LogP contribution >= 0.6 is 0 Å². The lowest BCUT2D eigenvalue weighted by Gasteiger charge is -2.27. The molecule has 2 aromatic rings. The van der Waals surface area contributed by atoms with E-state index in [-0.39, 0.29) is 5.92 Å². The molecule has 4 N–H and O–H groups in total. The first-order valence-corrected chi connectivity index (χ1v) is 12.4. The van der Waals surface area contributed by atoms with Crippen LogP contribution in [0.1, 0.15) is 82.2 Å². The predicted molar refractivity (Wildman–Crippen MR) is 146 cm³/mol. The summed E-state index contributed by atoms with van der Waals surface area (Å²) >= 11 is 0. The van der Waals surface area contributed by atoms with Crippen LogP contribution in [0.25, 0.3) is 0 Å². The van der Waals surface area contributed by atoms with Crippen LogP contribution in [0.3, 0.4) is 0 Å². The lowest BCUT2D eigenvalue weighted by Crippen LogP contribution is -2.15. The molecule has 0 radical (unpaired) electrons. The molecule has 184 valence electrons. The molecule has 0 aromatic carbocycles. The Bertz CT molecular complexity index is 997. The van der Waals surface area contributed by atoms with Crippen molar-refractivity contribution in [3.8, 4) is 0 Å². The van der Waals surface area contributed by atoms with E-state index in [4.69, 9.17) is 11.5 Å². The number of nitrogens with zero attached hydrogens (tertiary/aromatic N) is 3. The molecule has 0 amide bonds. The van der Waals surface area contributed by atoms with Crippen LogP contribution < -0.4 is 11.5 Å². The topological polar surface area (TPSA) is 90.2 Å². The summed E-state index contributed by atoms with van der Waals surface area (Å²) in [6.07, 6.45) is 10.6. The van der Waals surface area contributed by atoms with Gasteiger partial charge in [0.2, 0.25) is 0 Å². The molecular formula is C29H43N5. The molecule has 0 spiro atoms. The van der Waals surface area contributed by atoms with Gasteiger partial charge in [0, 0.05) is 23.8 Å². The van der Waals surface area contributed by atoms with E-state index in [9.17, 15) is 0 Å². The third-order valence-corrected chi connectivity index (χ3v) is 6.29. The smallest absolute Gasteiger partial charge is 0.123 e. The summed E-state index contributed by atoms with van der Waals surface area (Å²) in [7, 11) is 0. The highest BCUT2D eigenvalue weighted by molar-refractivity contribution is 5.92. The average Bonchev–Trinajstić information content (AvgIpc) is 2.74. The highest BCUT2D eigenvalue weighted by Gasteiger charge is 2.23. The average molecular weight is 462 g/mol. The first-order chi connectivity index (χ1) is 16.1. The molecule has 5 heteroatoms. The van der Waals surface area contributed by atoms with Crippen molar-refractivity contribution >= 4 is 11.7 Å². The number of amidine groups is 1. The number of nitrogens with two attached hydrogens (primary N) is 2. The van der Waals surface area contributed by atoms with Crippen molar-refractivity contribution in [1.29, 1.82) is 0 Å². The second-order valence-electron chi connectivity index (χ2n) is 10.0. The lowest BCUT2D eigenvalue weighted by atomic mass is 9.79. The number of anilines is 1. The molecule has 0 bridgehead atoms. The standard InChI is InChI=1S/C29H43N5/c1-8-20(4)12-22(6)27(15-23(7)33-28(30)11-19(2)3)25-16-24(17-32-18-25)9-10-26-13-21(5)14-29(31)34-26/h11,13-14,16-18,20,22,27H,7-10,12,15H2,1-6H3,(H2,30,33)(H2,31,34)/t20-,22+,27?/m0/s1. The fourth-order valence-electron chi connectivity index (χ4n) is 4.44. The highest BCUT2D eigenvalue weighted by atomic mass is 14.9. The first-order valence-electron chi connectivity index (χ1n) is 12.4. The number of rotatable bonds is 12. The number of hydrogen-bond acceptors (Lipinski definition) is 4. The van der Waals surface area contributed by atoms with Crippen molar-refractivity contribution in [3.63, 3.8) is 0 Å². The molecule has 0 saturated carbocycles. The van der Waals surface area contributed by atoms with Gasteiger partial charge in [0.25, 0.3) is 0 Å². The minimum atomic E-state index is 0.282. The Morgan fingerprint density at radius 1 is 1.15 bits per heavy atom. The monoisotopic (exact) mass is 461 g/mol. The van der Waals surface area contributed by atoms with Gasteiger partial charge in [0.05, 0.1) is 0 Å². The number of aromatic nitrogens is 2. The first kappa shape index (κ1) is 27.3. The van der Waals surface area contributed by atoms with Crippen LogP contribution in [-0.2, 0) is 12.8 Å². The van der Waals surface area contributed by atoms with Crippen LogP contribution in [0.4, 0.5) is 5.82 Å². The van der Waals surface area contributed by atoms with Crippen LogP contribution in [0, 0.1) is 18.8 Å². The molecule has 5 nitrogen and oxygen atoms in total. The third-order valence-electron chi connectivity index (χ3n) is 6.29. The predicted octanol–water partition coefficient (Wildman–Crippen LogP) is 6.54. The minimum Gasteiger partial charge on any atom is -0.384 e. The summed E-state index contributed by atoms with van der Waals surface area (Å²) in [5, 5.41) is 0. The van der Waals surface area contributed by atoms with E-state index in [1.165, 1.54) is 17.5 Å². The fraction of sp³-hybridized carbons (Fsp3) is 0.483. The van der Waals surface area contributed by atoms with Crippen LogP contribution in [-0.4, -0.2) is 15.8 Å². The van der Waals surface area contributed by atoms with Gasteiger partial charge in [-0.1, -0.05) is 45.4 Å². The second-order valence-corrected chi connectivity index (χ2v) is 10.0. The number of hydrogen-bond donors (Lipinski definition) is 2. The zero-order chi connectivity index (χ0) is 25.3. The molecule has 34 heavy (non-hydrogen) atoms. The van der Waals surface area contributed by atoms with Gasteiger partial charge in [-0.2, -0.15) is 0 Å². The fourth-order valence-corrected chi connectivity index (χ4v) is 4.44. The molecule has 0 aliphatic rings. The van der Waals surface area contributed by atoms with Gasteiger partial charge in [-0.3, -0.25) is 4.98 Å². The van der Waals surface area contributed by atoms with Crippen LogP contribution in [0.5, 0.6) is 0 Å². The summed E-state index contributed by atoms with van der Waals surface area (Å²) in [6, 6.07) is 6.29. The van der Waals surface area contributed by atoms with Crippen molar-refractivity contribution in [2.75, 3.05) is 5.73 Å². The highest BCUT2D eigenvalue weighted by Crippen LogP contribution is 2.35. The van der Waals surface area contributed by atoms with Crippen molar-refractivity contribution in [1.82, 2.24) is 9.97 Å². The van der Waals surface area contributed by atoms with E-state index in [1.807, 2.05) is 45.3 Å². The molecule has 3 atom stereocenters. The second kappa shape index (κ2) is 13.1. The molecule has 0 aliphatic carbocycles. The van der Waals surface area contributed by atoms with Crippen molar-refractivity contribution in [2.45, 2.75) is 79.6 Å². The zero-order valence-corrected chi connectivity index (χ0v) is 21.9. The van der Waals surface area contributed by atoms with E-state index in [1.54, 1.807) is 0 Å². The van der Waals surface area contributed by atoms with E-state index < -0.39 is 0 Å². The molecule has 2 rings (SSSR count). The normalized spacial score (nSPS) is 14.4. The summed E-state index contributed by atoms with van der Waals surface area (Å²) in [4.78, 5) is 13.6. The maximum atomic E-state index is 6.09. The number of aryl methyl sites for hydroxylation is 3. The van der Waals surface area contributed by atoms with E-state index in [2.05, 4.69) is 54.4 Å². The van der Waals surface area contributed by atoms with Gasteiger partial charge >= 0.3 is 0 Å². The van der Waals surface area contributed by atoms with Crippen molar-refractivity contribution in [3.05, 3.63) is 76.9 Å². The van der Waals surface area contributed by atoms with E-state index in [0.29, 0.717) is 23.5 Å². The molecular weight excluding hydrogens is 418 g/mol. The summed E-state index contributed by atoms with van der Waals surface area (Å²) in [5.41, 5.74) is 18.6. The van der Waals surface area contributed by atoms with E-state index in [0.717, 1.165) is 48.2 Å². The van der Waals surface area contributed by atoms with Gasteiger partial charge < -0.3 is 11.5 Å². The van der Waals surface area contributed by atoms with Gasteiger partial charge in [-0.15, -0.1) is 0 Å². The Morgan fingerprint density at radius 2 is 1.88 bits per heavy atom. The Morgan fingerprint density at radius 3 is 2.53 bits per heavy atom. The minimum absolute atomic E-state index is 0.282. The van der Waals surface area contributed by atoms with Crippen LogP contribution in [0.15, 0.2) is 59.5 Å². The zero-order valence-electron chi connectivity index (χ0n) is 21.9. The number of pyridine rings is 2. The maximum absolute atomic E-state index is 6.09. The SMILES string of the molecule is C=C(CC(c1cncc(CCc2cc(C)cc(N)n2)c1)[C@H](C)C[C@@H](C)CC)N=C(N)C=C(C)C. The lowest BCUT2D eigenvalue weighted by molar-refractivity contribution is 0.349. The Balaban J connectivity index is 2.25. The largest absolute Gasteiger partial charge is 0.384 e. The van der Waals surface area contributed by atoms with Gasteiger partial charge in [-0.05, 0) is 99.1 Å². The number of aliphatic imine (C=N–C) groups is 1. The van der Waals surface area contributed by atoms with E-state index >= 15 is 0 Å². The Labute approximate surface area is 206 Å². The molecule has 0 saturated heterocycles. The molecule has 0 aliphatic heterocycles. The summed E-state index contributed by atoms with van der Waals surface area (Å²) in [5.74, 6) is 2.51. The van der Waals surface area contributed by atoms with Crippen molar-refractivity contribution in [2.24, 2.45) is 22.6 Å². The number of allylic oxidation sites excluding steroid dienone is 2. The Kier molecular flexibility index (Phi) is 10.5. The Hall–Kier alpha value is -2.95. The van der Waals surface area contributed by atoms with Crippen LogP contribution in [0.2, 0.25) is 0 Å². The van der Waals surface area contributed by atoms with Gasteiger partial charge in [0.1, 0.15) is 11.7 Å². The third kappa shape index (κ3) is 9.12. The summed E-state index contributed by atoms with van der Waals surface area (Å²) in [6.45, 7) is 17.2. The maximum Gasteiger partial charge on any atom is 0.123 e. The molecule has 2 aromatic heterocycles. The molecule has 2 heterocycles. The summed E-state index contributed by atoms with van der Waals surface area (Å²) < 4.78 is 0. The van der Waals surface area contributed by atoms with Gasteiger partial charge in [-0.25, -0.2) is 9.98 Å². The van der Waals surface area contributed by atoms with Gasteiger partial charge in [0.15, 0.2) is 0 Å². The quantitative estimate of drug-likeness (QED) is 0.277. The number of nitrogen functional groups attached to an aromatic ring is 1. The van der Waals surface area contributed by atoms with Crippen molar-refractivity contribution < 1.29 is 0 Å². The molecule has 1 unspecified atom stereocenters.